The normalized spacial score (nSPS) is 22.4. The monoisotopic (exact) mass is 588 g/mol. The fourth-order valence-corrected chi connectivity index (χ4v) is 6.33. The van der Waals surface area contributed by atoms with Gasteiger partial charge in [-0.05, 0) is 49.1 Å². The van der Waals surface area contributed by atoms with Crippen molar-refractivity contribution in [2.75, 3.05) is 19.8 Å². The van der Waals surface area contributed by atoms with Crippen LogP contribution in [0.2, 0.25) is 0 Å². The van der Waals surface area contributed by atoms with Gasteiger partial charge in [-0.25, -0.2) is 0 Å². The molecule has 1 fully saturated rings. The van der Waals surface area contributed by atoms with E-state index in [1.807, 2.05) is 72.8 Å². The molecule has 0 spiro atoms. The second-order valence-electron chi connectivity index (χ2n) is 12.2. The number of hydrogen-bond donors (Lipinski definition) is 2. The molecule has 2 aliphatic rings. The number of aliphatic hydroxyl groups is 1. The van der Waals surface area contributed by atoms with E-state index in [0.29, 0.717) is 38.1 Å². The van der Waals surface area contributed by atoms with Gasteiger partial charge in [0.15, 0.2) is 0 Å². The Morgan fingerprint density at radius 2 is 1.58 bits per heavy atom. The van der Waals surface area contributed by atoms with Gasteiger partial charge in [-0.2, -0.15) is 0 Å². The van der Waals surface area contributed by atoms with Gasteiger partial charge in [0.1, 0.15) is 6.61 Å². The lowest BCUT2D eigenvalue weighted by Gasteiger charge is -2.29. The Bertz CT molecular complexity index is 1160. The number of rotatable bonds is 10. The highest BCUT2D eigenvalue weighted by molar-refractivity contribution is 5.86. The van der Waals surface area contributed by atoms with Crippen LogP contribution >= 0.6 is 0 Å². The Morgan fingerprint density at radius 3 is 2.28 bits per heavy atom. The number of allylic oxidation sites excluding steroid dienone is 2. The van der Waals surface area contributed by atoms with E-state index in [1.165, 1.54) is 19.3 Å². The van der Waals surface area contributed by atoms with E-state index < -0.39 is 5.92 Å². The fraction of sp³-hybridized carbons (Fsp3) is 0.528. The van der Waals surface area contributed by atoms with Crippen LogP contribution in [0.1, 0.15) is 75.3 Å². The maximum Gasteiger partial charge on any atom is 0.309 e. The number of carbonyl (C=O) groups excluding carboxylic acids is 3. The van der Waals surface area contributed by atoms with E-state index in [4.69, 9.17) is 4.74 Å². The van der Waals surface area contributed by atoms with Crippen molar-refractivity contribution in [3.63, 3.8) is 0 Å². The zero-order valence-electron chi connectivity index (χ0n) is 25.4. The third-order valence-electron chi connectivity index (χ3n) is 8.77. The van der Waals surface area contributed by atoms with Crippen LogP contribution in [0, 0.1) is 17.8 Å². The number of amides is 2. The molecule has 1 saturated carbocycles. The molecule has 232 valence electrons. The summed E-state index contributed by atoms with van der Waals surface area (Å²) in [6.45, 7) is 0.591. The standard InChI is InChI=1S/C36H48N2O5/c39-22-21-38(26-30-17-9-3-10-18-30)34(40)25-31-19-11-4-12-20-32(23-28-13-5-1-6-14-28)36(42)43-27-33(37-35(31)41)24-29-15-7-2-8-16-29/h1,3-6,9-11,13-14,17-18,29,31-33,39H,2,7-8,12,15-16,19-27H2,(H,37,41)/t31-,32-,33+/m1/s1. The largest absolute Gasteiger partial charge is 0.463 e. The zero-order valence-corrected chi connectivity index (χ0v) is 25.4. The lowest BCUT2D eigenvalue weighted by atomic mass is 9.84. The molecule has 1 aliphatic heterocycles. The number of esters is 1. The van der Waals surface area contributed by atoms with Gasteiger partial charge in [0, 0.05) is 19.5 Å². The maximum atomic E-state index is 13.7. The van der Waals surface area contributed by atoms with Crippen molar-refractivity contribution < 1.29 is 24.2 Å². The number of hydrogen-bond acceptors (Lipinski definition) is 5. The van der Waals surface area contributed by atoms with Gasteiger partial charge in [-0.3, -0.25) is 14.4 Å². The molecule has 2 amide bonds. The first-order chi connectivity index (χ1) is 21.0. The first-order valence-corrected chi connectivity index (χ1v) is 16.1. The van der Waals surface area contributed by atoms with Crippen LogP contribution in [-0.2, 0) is 32.1 Å². The summed E-state index contributed by atoms with van der Waals surface area (Å²) in [4.78, 5) is 42.1. The van der Waals surface area contributed by atoms with E-state index in [1.54, 1.807) is 4.90 Å². The first-order valence-electron chi connectivity index (χ1n) is 16.1. The number of ether oxygens (including phenoxy) is 1. The lowest BCUT2D eigenvalue weighted by Crippen LogP contribution is -2.45. The minimum absolute atomic E-state index is 0.0512. The maximum absolute atomic E-state index is 13.7. The number of nitrogens with one attached hydrogen (secondary N) is 1. The lowest BCUT2D eigenvalue weighted by molar-refractivity contribution is -0.150. The van der Waals surface area contributed by atoms with Gasteiger partial charge in [-0.1, -0.05) is 105 Å². The van der Waals surface area contributed by atoms with Gasteiger partial charge in [0.2, 0.25) is 11.8 Å². The summed E-state index contributed by atoms with van der Waals surface area (Å²) in [5, 5.41) is 12.9. The van der Waals surface area contributed by atoms with Crippen LogP contribution < -0.4 is 5.32 Å². The molecule has 7 nitrogen and oxygen atoms in total. The van der Waals surface area contributed by atoms with Gasteiger partial charge in [0.05, 0.1) is 24.5 Å². The molecule has 1 aliphatic carbocycles. The molecule has 3 atom stereocenters. The molecule has 2 aromatic carbocycles. The third-order valence-corrected chi connectivity index (χ3v) is 8.77. The van der Waals surface area contributed by atoms with Crippen molar-refractivity contribution >= 4 is 17.8 Å². The summed E-state index contributed by atoms with van der Waals surface area (Å²) in [6, 6.07) is 19.4. The molecular formula is C36H48N2O5. The molecule has 0 saturated heterocycles. The molecule has 0 radical (unpaired) electrons. The molecule has 0 unspecified atom stereocenters. The average molecular weight is 589 g/mol. The van der Waals surface area contributed by atoms with Crippen molar-refractivity contribution in [2.45, 2.75) is 83.2 Å². The SMILES string of the molecule is O=C1N[C@@H](CC2CCCCC2)COC(=O)[C@@H](Cc2ccccc2)CCC=CC[C@@H]1CC(=O)N(CCO)Cc1ccccc1. The Kier molecular flexibility index (Phi) is 13.3. The van der Waals surface area contributed by atoms with E-state index in [0.717, 1.165) is 30.4 Å². The summed E-state index contributed by atoms with van der Waals surface area (Å²) < 4.78 is 5.92. The summed E-state index contributed by atoms with van der Waals surface area (Å²) in [5.41, 5.74) is 2.08. The first kappa shape index (κ1) is 32.5. The average Bonchev–Trinajstić information content (AvgIpc) is 3.03. The summed E-state index contributed by atoms with van der Waals surface area (Å²) in [6.07, 6.45) is 13.1. The summed E-state index contributed by atoms with van der Waals surface area (Å²) in [7, 11) is 0. The van der Waals surface area contributed by atoms with Crippen LogP contribution in [0.15, 0.2) is 72.8 Å². The Labute approximate surface area is 256 Å². The Balaban J connectivity index is 1.49. The predicted molar refractivity (Wildman–Crippen MR) is 168 cm³/mol. The zero-order chi connectivity index (χ0) is 30.3. The Hall–Kier alpha value is -3.45. The van der Waals surface area contributed by atoms with Crippen LogP contribution in [0.5, 0.6) is 0 Å². The summed E-state index contributed by atoms with van der Waals surface area (Å²) in [5.74, 6) is -0.883. The Morgan fingerprint density at radius 1 is 0.884 bits per heavy atom. The highest BCUT2D eigenvalue weighted by Crippen LogP contribution is 2.28. The molecule has 4 rings (SSSR count). The van der Waals surface area contributed by atoms with Gasteiger partial charge in [0.25, 0.3) is 0 Å². The molecule has 0 bridgehead atoms. The topological polar surface area (TPSA) is 95.9 Å². The van der Waals surface area contributed by atoms with E-state index >= 15 is 0 Å². The van der Waals surface area contributed by atoms with Crippen molar-refractivity contribution in [1.29, 1.82) is 0 Å². The second-order valence-corrected chi connectivity index (χ2v) is 12.2. The highest BCUT2D eigenvalue weighted by Gasteiger charge is 2.29. The van der Waals surface area contributed by atoms with E-state index in [2.05, 4.69) is 5.32 Å². The van der Waals surface area contributed by atoms with Crippen molar-refractivity contribution in [3.8, 4) is 0 Å². The third kappa shape index (κ3) is 11.0. The van der Waals surface area contributed by atoms with E-state index in [-0.39, 0.29) is 55.9 Å². The van der Waals surface area contributed by atoms with Gasteiger partial charge < -0.3 is 20.1 Å². The molecule has 0 aromatic heterocycles. The number of benzene rings is 2. The number of carbonyl (C=O) groups is 3. The smallest absolute Gasteiger partial charge is 0.309 e. The van der Waals surface area contributed by atoms with Crippen molar-refractivity contribution in [3.05, 3.63) is 83.9 Å². The number of aliphatic hydroxyl groups excluding tert-OH is 1. The number of cyclic esters (lactones) is 1. The molecular weight excluding hydrogens is 540 g/mol. The second kappa shape index (κ2) is 17.6. The molecule has 2 N–H and O–H groups in total. The number of nitrogens with zero attached hydrogens (tertiary/aromatic N) is 1. The van der Waals surface area contributed by atoms with Crippen molar-refractivity contribution in [2.24, 2.45) is 17.8 Å². The molecule has 1 heterocycles. The predicted octanol–water partition coefficient (Wildman–Crippen LogP) is 5.61. The fourth-order valence-electron chi connectivity index (χ4n) is 6.33. The van der Waals surface area contributed by atoms with E-state index in [9.17, 15) is 19.5 Å². The van der Waals surface area contributed by atoms with Crippen LogP contribution in [0.4, 0.5) is 0 Å². The minimum atomic E-state index is -0.550. The van der Waals surface area contributed by atoms with Gasteiger partial charge >= 0.3 is 5.97 Å². The minimum Gasteiger partial charge on any atom is -0.463 e. The summed E-state index contributed by atoms with van der Waals surface area (Å²) >= 11 is 0. The molecule has 2 aromatic rings. The quantitative estimate of drug-likeness (QED) is 0.278. The van der Waals surface area contributed by atoms with Crippen LogP contribution in [-0.4, -0.2) is 53.6 Å². The highest BCUT2D eigenvalue weighted by atomic mass is 16.5. The molecule has 43 heavy (non-hydrogen) atoms. The van der Waals surface area contributed by atoms with Crippen molar-refractivity contribution in [1.82, 2.24) is 10.2 Å². The van der Waals surface area contributed by atoms with Gasteiger partial charge in [-0.15, -0.1) is 0 Å². The molecule has 7 heteroatoms. The van der Waals surface area contributed by atoms with Crippen LogP contribution in [0.3, 0.4) is 0 Å². The van der Waals surface area contributed by atoms with Crippen LogP contribution in [0.25, 0.3) is 0 Å².